The molecule has 0 bridgehead atoms. The second kappa shape index (κ2) is 10.2. The van der Waals surface area contributed by atoms with E-state index in [0.29, 0.717) is 13.2 Å². The van der Waals surface area contributed by atoms with Gasteiger partial charge in [-0.25, -0.2) is 4.79 Å². The highest BCUT2D eigenvalue weighted by Crippen LogP contribution is 2.13. The predicted molar refractivity (Wildman–Crippen MR) is 91.5 cm³/mol. The number of hydrogen-bond acceptors (Lipinski definition) is 5. The van der Waals surface area contributed by atoms with Crippen LogP contribution in [0.2, 0.25) is 0 Å². The molecule has 0 heterocycles. The number of nitrogens with one attached hydrogen (secondary N) is 2. The molecule has 7 nitrogen and oxygen atoms in total. The van der Waals surface area contributed by atoms with Crippen molar-refractivity contribution in [1.29, 1.82) is 0 Å². The molecule has 0 unspecified atom stereocenters. The number of carbonyl (C=O) groups excluding carboxylic acids is 3. The van der Waals surface area contributed by atoms with Gasteiger partial charge in [0.05, 0.1) is 19.6 Å². The van der Waals surface area contributed by atoms with E-state index in [4.69, 9.17) is 9.47 Å². The van der Waals surface area contributed by atoms with Gasteiger partial charge in [0.2, 0.25) is 5.91 Å². The number of esters is 1. The lowest BCUT2D eigenvalue weighted by atomic mass is 9.99. The molecular weight excluding hydrogens is 312 g/mol. The first-order chi connectivity index (χ1) is 10.9. The van der Waals surface area contributed by atoms with Gasteiger partial charge in [-0.3, -0.25) is 9.59 Å². The molecule has 2 N–H and O–H groups in total. The van der Waals surface area contributed by atoms with Crippen LogP contribution in [-0.2, 0) is 19.1 Å². The van der Waals surface area contributed by atoms with Crippen LogP contribution in [0, 0.1) is 10.8 Å². The fraction of sp³-hybridized carbons (Fsp3) is 0.824. The van der Waals surface area contributed by atoms with Crippen LogP contribution < -0.4 is 10.6 Å². The van der Waals surface area contributed by atoms with Gasteiger partial charge in [-0.15, -0.1) is 0 Å². The second-order valence-electron chi connectivity index (χ2n) is 8.13. The lowest BCUT2D eigenvalue weighted by Gasteiger charge is -2.18. The Morgan fingerprint density at radius 2 is 1.25 bits per heavy atom. The molecule has 0 aliphatic carbocycles. The maximum absolute atomic E-state index is 11.6. The summed E-state index contributed by atoms with van der Waals surface area (Å²) in [5, 5.41) is 5.12. The van der Waals surface area contributed by atoms with Crippen molar-refractivity contribution in [3.63, 3.8) is 0 Å². The summed E-state index contributed by atoms with van der Waals surface area (Å²) < 4.78 is 10.1. The van der Waals surface area contributed by atoms with Crippen molar-refractivity contribution in [1.82, 2.24) is 10.6 Å². The molecule has 140 valence electrons. The molecule has 0 spiro atoms. The van der Waals surface area contributed by atoms with Gasteiger partial charge in [0.25, 0.3) is 0 Å². The van der Waals surface area contributed by atoms with Crippen molar-refractivity contribution in [2.24, 2.45) is 10.8 Å². The maximum atomic E-state index is 11.6. The maximum Gasteiger partial charge on any atom is 0.407 e. The first-order valence-corrected chi connectivity index (χ1v) is 8.22. The van der Waals surface area contributed by atoms with Crippen LogP contribution in [-0.4, -0.2) is 44.3 Å². The van der Waals surface area contributed by atoms with Crippen LogP contribution in [0.25, 0.3) is 0 Å². The van der Waals surface area contributed by atoms with Crippen molar-refractivity contribution in [2.45, 2.75) is 54.4 Å². The van der Waals surface area contributed by atoms with Crippen LogP contribution >= 0.6 is 0 Å². The van der Waals surface area contributed by atoms with E-state index >= 15 is 0 Å². The Hall–Kier alpha value is -1.79. The number of rotatable bonds is 8. The fourth-order valence-electron chi connectivity index (χ4n) is 1.37. The molecule has 0 saturated heterocycles. The van der Waals surface area contributed by atoms with Crippen molar-refractivity contribution < 1.29 is 23.9 Å². The highest BCUT2D eigenvalue weighted by molar-refractivity contribution is 5.77. The van der Waals surface area contributed by atoms with Crippen LogP contribution in [0.1, 0.15) is 54.4 Å². The average Bonchev–Trinajstić information content (AvgIpc) is 2.41. The van der Waals surface area contributed by atoms with E-state index in [9.17, 15) is 14.4 Å². The molecule has 0 radical (unpaired) electrons. The molecule has 0 aromatic heterocycles. The summed E-state index contributed by atoms with van der Waals surface area (Å²) in [5.41, 5.74) is -0.178. The summed E-state index contributed by atoms with van der Waals surface area (Å²) in [6.45, 7) is 12.9. The Balaban J connectivity index is 3.70. The SMILES string of the molecule is CC(C)(C)COC(=O)CCNC(=O)CCNC(=O)OCC(C)(C)C. The first kappa shape index (κ1) is 22.2. The molecule has 0 aromatic carbocycles. The summed E-state index contributed by atoms with van der Waals surface area (Å²) in [7, 11) is 0. The van der Waals surface area contributed by atoms with Crippen molar-refractivity contribution in [3.05, 3.63) is 0 Å². The van der Waals surface area contributed by atoms with Crippen molar-refractivity contribution in [3.8, 4) is 0 Å². The van der Waals surface area contributed by atoms with Crippen LogP contribution in [0.15, 0.2) is 0 Å². The van der Waals surface area contributed by atoms with Crippen molar-refractivity contribution in [2.75, 3.05) is 26.3 Å². The summed E-state index contributed by atoms with van der Waals surface area (Å²) >= 11 is 0. The Bertz CT molecular complexity index is 384. The molecule has 0 rings (SSSR count). The molecule has 0 aromatic rings. The number of ether oxygens (including phenoxy) is 2. The highest BCUT2D eigenvalue weighted by Gasteiger charge is 2.15. The third-order valence-electron chi connectivity index (χ3n) is 2.58. The van der Waals surface area contributed by atoms with Crippen molar-refractivity contribution >= 4 is 18.0 Å². The number of hydrogen-bond donors (Lipinski definition) is 2. The lowest BCUT2D eigenvalue weighted by molar-refractivity contribution is -0.146. The topological polar surface area (TPSA) is 93.7 Å². The normalized spacial score (nSPS) is 11.6. The summed E-state index contributed by atoms with van der Waals surface area (Å²) in [5.74, 6) is -0.580. The van der Waals surface area contributed by atoms with E-state index in [2.05, 4.69) is 10.6 Å². The Kier molecular flexibility index (Phi) is 9.40. The van der Waals surface area contributed by atoms with E-state index in [-0.39, 0.29) is 48.6 Å². The number of alkyl carbamates (subject to hydrolysis) is 1. The molecule has 2 amide bonds. The van der Waals surface area contributed by atoms with E-state index in [1.54, 1.807) is 0 Å². The van der Waals surface area contributed by atoms with Gasteiger partial charge in [0.1, 0.15) is 0 Å². The largest absolute Gasteiger partial charge is 0.465 e. The minimum Gasteiger partial charge on any atom is -0.465 e. The standard InChI is InChI=1S/C17H32N2O5/c1-16(2,3)11-23-14(21)8-10-18-13(20)7-9-19-15(22)24-12-17(4,5)6/h7-12H2,1-6H3,(H,18,20)(H,19,22). The first-order valence-electron chi connectivity index (χ1n) is 8.22. The van der Waals surface area contributed by atoms with Crippen LogP contribution in [0.4, 0.5) is 4.79 Å². The summed E-state index contributed by atoms with van der Waals surface area (Å²) in [6, 6.07) is 0. The zero-order valence-corrected chi connectivity index (χ0v) is 15.8. The Morgan fingerprint density at radius 1 is 0.750 bits per heavy atom. The molecule has 0 saturated carbocycles. The number of amides is 2. The third kappa shape index (κ3) is 15.1. The van der Waals surface area contributed by atoms with Gasteiger partial charge in [0, 0.05) is 19.5 Å². The summed E-state index contributed by atoms with van der Waals surface area (Å²) in [6.07, 6.45) is -0.284. The van der Waals surface area contributed by atoms with E-state index in [1.807, 2.05) is 41.5 Å². The predicted octanol–water partition coefficient (Wildman–Crippen LogP) is 2.24. The van der Waals surface area contributed by atoms with Gasteiger partial charge >= 0.3 is 12.1 Å². The zero-order chi connectivity index (χ0) is 18.8. The quantitative estimate of drug-likeness (QED) is 0.659. The molecule has 0 atom stereocenters. The fourth-order valence-corrected chi connectivity index (χ4v) is 1.37. The lowest BCUT2D eigenvalue weighted by Crippen LogP contribution is -2.33. The molecule has 0 aliphatic rings. The minimum atomic E-state index is -0.538. The Labute approximate surface area is 144 Å². The molecule has 7 heteroatoms. The highest BCUT2D eigenvalue weighted by atomic mass is 16.5. The van der Waals surface area contributed by atoms with E-state index in [0.717, 1.165) is 0 Å². The molecular formula is C17H32N2O5. The smallest absolute Gasteiger partial charge is 0.407 e. The van der Waals surface area contributed by atoms with E-state index in [1.165, 1.54) is 0 Å². The molecule has 0 aliphatic heterocycles. The van der Waals surface area contributed by atoms with Gasteiger partial charge < -0.3 is 20.1 Å². The second-order valence-corrected chi connectivity index (χ2v) is 8.13. The Morgan fingerprint density at radius 3 is 1.79 bits per heavy atom. The van der Waals surface area contributed by atoms with Gasteiger partial charge in [-0.1, -0.05) is 41.5 Å². The monoisotopic (exact) mass is 344 g/mol. The van der Waals surface area contributed by atoms with Gasteiger partial charge in [-0.2, -0.15) is 0 Å². The zero-order valence-electron chi connectivity index (χ0n) is 15.8. The number of carbonyl (C=O) groups is 3. The van der Waals surface area contributed by atoms with Crippen LogP contribution in [0.5, 0.6) is 0 Å². The average molecular weight is 344 g/mol. The third-order valence-corrected chi connectivity index (χ3v) is 2.58. The summed E-state index contributed by atoms with van der Waals surface area (Å²) in [4.78, 5) is 34.5. The minimum absolute atomic E-state index is 0.0772. The van der Waals surface area contributed by atoms with Crippen LogP contribution in [0.3, 0.4) is 0 Å². The van der Waals surface area contributed by atoms with E-state index < -0.39 is 6.09 Å². The molecule has 0 fully saturated rings. The van der Waals surface area contributed by atoms with Gasteiger partial charge in [0.15, 0.2) is 0 Å². The van der Waals surface area contributed by atoms with Gasteiger partial charge in [-0.05, 0) is 10.8 Å². The molecule has 24 heavy (non-hydrogen) atoms.